The van der Waals surface area contributed by atoms with Crippen molar-refractivity contribution >= 4 is 5.97 Å². The van der Waals surface area contributed by atoms with Crippen LogP contribution in [-0.2, 0) is 9.53 Å². The number of carbonyl (C=O) groups excluding carboxylic acids is 1. The van der Waals surface area contributed by atoms with E-state index < -0.39 is 0 Å². The lowest BCUT2D eigenvalue weighted by atomic mass is 10.1. The van der Waals surface area contributed by atoms with Gasteiger partial charge in [0, 0.05) is 0 Å². The largest absolute Gasteiger partial charge is 0.461 e. The Morgan fingerprint density at radius 2 is 1.88 bits per heavy atom. The van der Waals surface area contributed by atoms with Gasteiger partial charge >= 0.3 is 5.97 Å². The summed E-state index contributed by atoms with van der Waals surface area (Å²) in [5.41, 5.74) is 2.63. The highest BCUT2D eigenvalue weighted by molar-refractivity contribution is 5.71. The molecule has 0 aromatic rings. The first kappa shape index (κ1) is 16.0. The maximum atomic E-state index is 11.4. The fraction of sp³-hybridized carbons (Fsp3) is 0.667. The van der Waals surface area contributed by atoms with Crippen LogP contribution in [0.15, 0.2) is 23.3 Å². The van der Waals surface area contributed by atoms with Crippen molar-refractivity contribution in [3.8, 4) is 0 Å². The van der Waals surface area contributed by atoms with Crippen LogP contribution in [0.1, 0.15) is 53.9 Å². The van der Waals surface area contributed by atoms with Crippen molar-refractivity contribution in [3.63, 3.8) is 0 Å². The molecule has 2 heteroatoms. The van der Waals surface area contributed by atoms with Crippen molar-refractivity contribution < 1.29 is 9.53 Å². The lowest BCUT2D eigenvalue weighted by Gasteiger charge is -2.07. The predicted molar refractivity (Wildman–Crippen MR) is 72.8 cm³/mol. The van der Waals surface area contributed by atoms with Crippen LogP contribution in [0.4, 0.5) is 0 Å². The Kier molecular flexibility index (Phi) is 8.47. The van der Waals surface area contributed by atoms with Crippen LogP contribution >= 0.6 is 0 Å². The molecule has 0 N–H and O–H groups in total. The highest BCUT2D eigenvalue weighted by atomic mass is 16.5. The second-order valence-corrected chi connectivity index (χ2v) is 4.81. The van der Waals surface area contributed by atoms with Gasteiger partial charge in [-0.3, -0.25) is 4.79 Å². The molecule has 0 aromatic carbocycles. The molecule has 0 rings (SSSR count). The number of ether oxygens (including phenoxy) is 1. The van der Waals surface area contributed by atoms with Crippen molar-refractivity contribution in [3.05, 3.63) is 23.3 Å². The number of allylic oxidation sites excluding steroid dienone is 3. The second kappa shape index (κ2) is 9.03. The Morgan fingerprint density at radius 3 is 2.41 bits per heavy atom. The Morgan fingerprint density at radius 1 is 1.24 bits per heavy atom. The van der Waals surface area contributed by atoms with Crippen LogP contribution in [-0.4, -0.2) is 12.6 Å². The number of rotatable bonds is 7. The van der Waals surface area contributed by atoms with E-state index in [1.807, 2.05) is 19.9 Å². The smallest absolute Gasteiger partial charge is 0.308 e. The van der Waals surface area contributed by atoms with Crippen LogP contribution in [0.3, 0.4) is 0 Å². The first-order chi connectivity index (χ1) is 7.97. The lowest BCUT2D eigenvalue weighted by Crippen LogP contribution is -2.13. The Balaban J connectivity index is 3.84. The van der Waals surface area contributed by atoms with Gasteiger partial charge in [0.1, 0.15) is 6.61 Å². The van der Waals surface area contributed by atoms with E-state index in [9.17, 15) is 4.79 Å². The first-order valence-electron chi connectivity index (χ1n) is 6.43. The van der Waals surface area contributed by atoms with Gasteiger partial charge in [-0.05, 0) is 46.1 Å². The molecule has 0 unspecified atom stereocenters. The Bertz CT molecular complexity index is 283. The van der Waals surface area contributed by atoms with E-state index in [1.165, 1.54) is 11.1 Å². The molecule has 0 aliphatic carbocycles. The summed E-state index contributed by atoms with van der Waals surface area (Å²) in [6, 6.07) is 0. The molecule has 0 saturated heterocycles. The number of hydrogen-bond acceptors (Lipinski definition) is 2. The van der Waals surface area contributed by atoms with Crippen LogP contribution < -0.4 is 0 Å². The van der Waals surface area contributed by atoms with Gasteiger partial charge in [0.2, 0.25) is 0 Å². The SMILES string of the molecule is CC[C@@H](C)C(=O)OC/C=C(\C)CCC=C(C)C. The summed E-state index contributed by atoms with van der Waals surface area (Å²) in [5.74, 6) is -0.0878. The lowest BCUT2D eigenvalue weighted by molar-refractivity contribution is -0.146. The summed E-state index contributed by atoms with van der Waals surface area (Å²) < 4.78 is 5.16. The molecule has 0 saturated carbocycles. The molecule has 1 atom stereocenters. The van der Waals surface area contributed by atoms with E-state index in [0.717, 1.165) is 19.3 Å². The van der Waals surface area contributed by atoms with Crippen LogP contribution in [0.2, 0.25) is 0 Å². The highest BCUT2D eigenvalue weighted by Gasteiger charge is 2.10. The molecule has 0 spiro atoms. The maximum Gasteiger partial charge on any atom is 0.308 e. The van der Waals surface area contributed by atoms with Crippen molar-refractivity contribution in [2.75, 3.05) is 6.61 Å². The van der Waals surface area contributed by atoms with Gasteiger partial charge in [0.15, 0.2) is 0 Å². The van der Waals surface area contributed by atoms with Crippen LogP contribution in [0.5, 0.6) is 0 Å². The van der Waals surface area contributed by atoms with E-state index >= 15 is 0 Å². The molecule has 0 bridgehead atoms. The van der Waals surface area contributed by atoms with E-state index in [0.29, 0.717) is 6.61 Å². The van der Waals surface area contributed by atoms with Crippen molar-refractivity contribution in [2.24, 2.45) is 5.92 Å². The summed E-state index contributed by atoms with van der Waals surface area (Å²) in [4.78, 5) is 11.4. The average molecular weight is 238 g/mol. The molecular weight excluding hydrogens is 212 g/mol. The molecule has 0 radical (unpaired) electrons. The molecule has 2 nitrogen and oxygen atoms in total. The van der Waals surface area contributed by atoms with Gasteiger partial charge in [-0.2, -0.15) is 0 Å². The molecular formula is C15H26O2. The Labute approximate surface area is 106 Å². The zero-order valence-corrected chi connectivity index (χ0v) is 11.9. The van der Waals surface area contributed by atoms with E-state index in [4.69, 9.17) is 4.74 Å². The third-order valence-electron chi connectivity index (χ3n) is 2.76. The molecule has 17 heavy (non-hydrogen) atoms. The standard InChI is InChI=1S/C15H26O2/c1-6-14(5)15(16)17-11-10-13(4)9-7-8-12(2)3/h8,10,14H,6-7,9,11H2,1-5H3/b13-10+/t14-/m1/s1. The molecule has 0 amide bonds. The second-order valence-electron chi connectivity index (χ2n) is 4.81. The van der Waals surface area contributed by atoms with Crippen LogP contribution in [0, 0.1) is 5.92 Å². The molecule has 0 aliphatic rings. The van der Waals surface area contributed by atoms with Gasteiger partial charge in [-0.25, -0.2) is 0 Å². The van der Waals surface area contributed by atoms with Gasteiger partial charge in [-0.1, -0.05) is 31.1 Å². The normalized spacial score (nSPS) is 13.1. The monoisotopic (exact) mass is 238 g/mol. The summed E-state index contributed by atoms with van der Waals surface area (Å²) in [7, 11) is 0. The fourth-order valence-corrected chi connectivity index (χ4v) is 1.27. The molecule has 0 heterocycles. The molecule has 98 valence electrons. The summed E-state index contributed by atoms with van der Waals surface area (Å²) in [6.07, 6.45) is 7.15. The molecule has 0 aliphatic heterocycles. The van der Waals surface area contributed by atoms with Crippen LogP contribution in [0.25, 0.3) is 0 Å². The zero-order chi connectivity index (χ0) is 13.3. The zero-order valence-electron chi connectivity index (χ0n) is 11.9. The first-order valence-corrected chi connectivity index (χ1v) is 6.43. The van der Waals surface area contributed by atoms with E-state index in [-0.39, 0.29) is 11.9 Å². The summed E-state index contributed by atoms with van der Waals surface area (Å²) in [5, 5.41) is 0. The fourth-order valence-electron chi connectivity index (χ4n) is 1.27. The Hall–Kier alpha value is -1.05. The number of carbonyl (C=O) groups is 1. The predicted octanol–water partition coefficient (Wildman–Crippen LogP) is 4.27. The number of hydrogen-bond donors (Lipinski definition) is 0. The van der Waals surface area contributed by atoms with Gasteiger partial charge in [0.25, 0.3) is 0 Å². The minimum atomic E-state index is -0.0964. The highest BCUT2D eigenvalue weighted by Crippen LogP contribution is 2.07. The van der Waals surface area contributed by atoms with Gasteiger partial charge in [0.05, 0.1) is 5.92 Å². The third-order valence-corrected chi connectivity index (χ3v) is 2.76. The average Bonchev–Trinajstić information content (AvgIpc) is 2.27. The minimum absolute atomic E-state index is 0.00869. The topological polar surface area (TPSA) is 26.3 Å². The summed E-state index contributed by atoms with van der Waals surface area (Å²) >= 11 is 0. The third kappa shape index (κ3) is 8.73. The summed E-state index contributed by atoms with van der Waals surface area (Å²) in [6.45, 7) is 10.6. The maximum absolute atomic E-state index is 11.4. The quantitative estimate of drug-likeness (QED) is 0.489. The molecule has 0 aromatic heterocycles. The minimum Gasteiger partial charge on any atom is -0.461 e. The van der Waals surface area contributed by atoms with E-state index in [1.54, 1.807) is 0 Å². The van der Waals surface area contributed by atoms with Gasteiger partial charge in [-0.15, -0.1) is 0 Å². The van der Waals surface area contributed by atoms with Crippen molar-refractivity contribution in [2.45, 2.75) is 53.9 Å². The van der Waals surface area contributed by atoms with Gasteiger partial charge < -0.3 is 4.74 Å². The molecule has 0 fully saturated rings. The van der Waals surface area contributed by atoms with E-state index in [2.05, 4.69) is 26.8 Å². The van der Waals surface area contributed by atoms with Crippen molar-refractivity contribution in [1.29, 1.82) is 0 Å². The number of esters is 1. The van der Waals surface area contributed by atoms with Crippen molar-refractivity contribution in [1.82, 2.24) is 0 Å².